The molecule has 0 spiro atoms. The topological polar surface area (TPSA) is 14.2 Å². The summed E-state index contributed by atoms with van der Waals surface area (Å²) in [6, 6.07) is 16.3. The van der Waals surface area contributed by atoms with Crippen molar-refractivity contribution in [2.24, 2.45) is 0 Å². The number of hydrogen-bond acceptors (Lipinski definition) is 1. The fourth-order valence-electron chi connectivity index (χ4n) is 2.57. The van der Waals surface area contributed by atoms with Crippen molar-refractivity contribution in [1.29, 1.82) is 0 Å². The Morgan fingerprint density at radius 2 is 1.81 bits per heavy atom. The molecule has 2 nitrogen and oxygen atoms in total. The molecule has 0 N–H and O–H groups in total. The van der Waals surface area contributed by atoms with Gasteiger partial charge in [0, 0.05) is 22.5 Å². The molecule has 3 aromatic rings. The molecular weight excluding hydrogens is 282 g/mol. The third kappa shape index (κ3) is 2.91. The van der Waals surface area contributed by atoms with Gasteiger partial charge in [-0.25, -0.2) is 0 Å². The highest BCUT2D eigenvalue weighted by molar-refractivity contribution is 6.31. The molecule has 3 heteroatoms. The first-order valence-corrected chi connectivity index (χ1v) is 7.52. The maximum atomic E-state index is 6.10. The summed E-state index contributed by atoms with van der Waals surface area (Å²) in [5.41, 5.74) is 3.56. The second-order valence-corrected chi connectivity index (χ2v) is 5.62. The van der Waals surface area contributed by atoms with Crippen molar-refractivity contribution in [3.8, 4) is 5.75 Å². The second-order valence-electron chi connectivity index (χ2n) is 5.18. The Morgan fingerprint density at radius 3 is 2.52 bits per heavy atom. The highest BCUT2D eigenvalue weighted by Gasteiger charge is 2.08. The van der Waals surface area contributed by atoms with Crippen molar-refractivity contribution in [2.75, 3.05) is 0 Å². The lowest BCUT2D eigenvalue weighted by Gasteiger charge is -2.10. The van der Waals surface area contributed by atoms with Gasteiger partial charge < -0.3 is 9.30 Å². The zero-order valence-electron chi connectivity index (χ0n) is 12.3. The first-order valence-electron chi connectivity index (χ1n) is 7.14. The lowest BCUT2D eigenvalue weighted by Crippen LogP contribution is -2.04. The summed E-state index contributed by atoms with van der Waals surface area (Å²) in [5.74, 6) is 0.895. The minimum Gasteiger partial charge on any atom is -0.487 e. The first kappa shape index (κ1) is 14.0. The van der Waals surface area contributed by atoms with Crippen LogP contribution in [0.1, 0.15) is 18.2 Å². The minimum absolute atomic E-state index is 0.559. The molecule has 0 aliphatic carbocycles. The average molecular weight is 300 g/mol. The van der Waals surface area contributed by atoms with Crippen LogP contribution in [0.15, 0.2) is 48.5 Å². The molecule has 0 bridgehead atoms. The Hall–Kier alpha value is -1.93. The molecule has 3 rings (SSSR count). The average Bonchev–Trinajstić information content (AvgIpc) is 2.83. The van der Waals surface area contributed by atoms with Gasteiger partial charge in [0.25, 0.3) is 0 Å². The van der Waals surface area contributed by atoms with E-state index in [0.717, 1.165) is 28.5 Å². The molecule has 1 aromatic heterocycles. The van der Waals surface area contributed by atoms with Crippen LogP contribution in [0.25, 0.3) is 10.9 Å². The van der Waals surface area contributed by atoms with E-state index in [9.17, 15) is 0 Å². The molecule has 0 fully saturated rings. The van der Waals surface area contributed by atoms with E-state index in [4.69, 9.17) is 16.3 Å². The number of hydrogen-bond donors (Lipinski definition) is 0. The molecular formula is C18H18ClNO. The minimum atomic E-state index is 0.559. The van der Waals surface area contributed by atoms with E-state index >= 15 is 0 Å². The first-order chi connectivity index (χ1) is 10.2. The summed E-state index contributed by atoms with van der Waals surface area (Å²) < 4.78 is 8.14. The fraction of sp³-hybridized carbons (Fsp3) is 0.222. The molecule has 0 saturated carbocycles. The third-order valence-corrected chi connectivity index (χ3v) is 3.91. The monoisotopic (exact) mass is 299 g/mol. The van der Waals surface area contributed by atoms with E-state index in [0.29, 0.717) is 6.61 Å². The van der Waals surface area contributed by atoms with Gasteiger partial charge in [-0.1, -0.05) is 35.4 Å². The van der Waals surface area contributed by atoms with E-state index < -0.39 is 0 Å². The number of nitrogens with zero attached hydrogens (tertiary/aromatic N) is 1. The van der Waals surface area contributed by atoms with Crippen molar-refractivity contribution in [3.05, 3.63) is 64.8 Å². The molecule has 0 aliphatic heterocycles. The number of halogens is 1. The Bertz CT molecular complexity index is 759. The SMILES string of the molecule is CCn1c(COc2ccc(C)cc2)cc2ccc(Cl)cc21. The smallest absolute Gasteiger partial charge is 0.128 e. The van der Waals surface area contributed by atoms with Crippen LogP contribution in [-0.4, -0.2) is 4.57 Å². The molecule has 0 unspecified atom stereocenters. The van der Waals surface area contributed by atoms with Crippen LogP contribution in [0.4, 0.5) is 0 Å². The zero-order chi connectivity index (χ0) is 14.8. The Kier molecular flexibility index (Phi) is 3.89. The van der Waals surface area contributed by atoms with Crippen LogP contribution in [0.3, 0.4) is 0 Å². The molecule has 0 radical (unpaired) electrons. The van der Waals surface area contributed by atoms with Crippen molar-refractivity contribution in [1.82, 2.24) is 4.57 Å². The van der Waals surface area contributed by atoms with E-state index in [1.807, 2.05) is 24.3 Å². The highest BCUT2D eigenvalue weighted by Crippen LogP contribution is 2.24. The number of fused-ring (bicyclic) bond motifs is 1. The van der Waals surface area contributed by atoms with Crippen LogP contribution < -0.4 is 4.74 Å². The van der Waals surface area contributed by atoms with Crippen LogP contribution >= 0.6 is 11.6 Å². The van der Waals surface area contributed by atoms with Gasteiger partial charge in [-0.2, -0.15) is 0 Å². The Labute approximate surface area is 129 Å². The number of aryl methyl sites for hydroxylation is 2. The second kappa shape index (κ2) is 5.82. The summed E-state index contributed by atoms with van der Waals surface area (Å²) in [4.78, 5) is 0. The van der Waals surface area contributed by atoms with Crippen molar-refractivity contribution >= 4 is 22.5 Å². The van der Waals surface area contributed by atoms with Crippen molar-refractivity contribution in [2.45, 2.75) is 27.0 Å². The molecule has 0 atom stereocenters. The van der Waals surface area contributed by atoms with Crippen molar-refractivity contribution in [3.63, 3.8) is 0 Å². The maximum absolute atomic E-state index is 6.10. The lowest BCUT2D eigenvalue weighted by atomic mass is 10.2. The normalized spacial score (nSPS) is 11.0. The number of rotatable bonds is 4. The van der Waals surface area contributed by atoms with Crippen LogP contribution in [0.5, 0.6) is 5.75 Å². The van der Waals surface area contributed by atoms with Gasteiger partial charge in [-0.05, 0) is 44.2 Å². The number of benzene rings is 2. The van der Waals surface area contributed by atoms with Gasteiger partial charge in [-0.3, -0.25) is 0 Å². The van der Waals surface area contributed by atoms with E-state index in [1.54, 1.807) is 0 Å². The summed E-state index contributed by atoms with van der Waals surface area (Å²) in [7, 11) is 0. The van der Waals surface area contributed by atoms with Gasteiger partial charge in [0.05, 0.1) is 5.69 Å². The van der Waals surface area contributed by atoms with Crippen molar-refractivity contribution < 1.29 is 4.74 Å². The summed E-state index contributed by atoms with van der Waals surface area (Å²) in [6.07, 6.45) is 0. The third-order valence-electron chi connectivity index (χ3n) is 3.68. The van der Waals surface area contributed by atoms with Crippen LogP contribution in [-0.2, 0) is 13.2 Å². The molecule has 108 valence electrons. The summed E-state index contributed by atoms with van der Waals surface area (Å²) in [5, 5.41) is 1.96. The number of ether oxygens (including phenoxy) is 1. The van der Waals surface area contributed by atoms with Gasteiger partial charge in [0.1, 0.15) is 12.4 Å². The predicted octanol–water partition coefficient (Wildman–Crippen LogP) is 5.20. The molecule has 0 aliphatic rings. The van der Waals surface area contributed by atoms with Crippen LogP contribution in [0, 0.1) is 6.92 Å². The van der Waals surface area contributed by atoms with E-state index in [2.05, 4.69) is 42.7 Å². The summed E-state index contributed by atoms with van der Waals surface area (Å²) >= 11 is 6.10. The standard InChI is InChI=1S/C18H18ClNO/c1-3-20-16(10-14-6-7-15(19)11-18(14)20)12-21-17-8-4-13(2)5-9-17/h4-11H,3,12H2,1-2H3. The lowest BCUT2D eigenvalue weighted by molar-refractivity contribution is 0.296. The summed E-state index contributed by atoms with van der Waals surface area (Å²) in [6.45, 7) is 5.66. The van der Waals surface area contributed by atoms with Gasteiger partial charge in [0.15, 0.2) is 0 Å². The quantitative estimate of drug-likeness (QED) is 0.645. The number of aromatic nitrogens is 1. The van der Waals surface area contributed by atoms with Gasteiger partial charge in [0.2, 0.25) is 0 Å². The molecule has 2 aromatic carbocycles. The van der Waals surface area contributed by atoms with Gasteiger partial charge in [-0.15, -0.1) is 0 Å². The molecule has 1 heterocycles. The predicted molar refractivity (Wildman–Crippen MR) is 88.1 cm³/mol. The molecule has 0 saturated heterocycles. The maximum Gasteiger partial charge on any atom is 0.128 e. The molecule has 0 amide bonds. The largest absolute Gasteiger partial charge is 0.487 e. The highest BCUT2D eigenvalue weighted by atomic mass is 35.5. The Balaban J connectivity index is 1.88. The van der Waals surface area contributed by atoms with E-state index in [1.165, 1.54) is 10.9 Å². The van der Waals surface area contributed by atoms with Crippen LogP contribution in [0.2, 0.25) is 5.02 Å². The fourth-order valence-corrected chi connectivity index (χ4v) is 2.74. The molecule has 21 heavy (non-hydrogen) atoms. The zero-order valence-corrected chi connectivity index (χ0v) is 13.0. The van der Waals surface area contributed by atoms with Gasteiger partial charge >= 0.3 is 0 Å². The Morgan fingerprint density at radius 1 is 1.05 bits per heavy atom. The van der Waals surface area contributed by atoms with E-state index in [-0.39, 0.29) is 0 Å².